The van der Waals surface area contributed by atoms with Gasteiger partial charge in [0.15, 0.2) is 0 Å². The molecule has 4 rings (SSSR count). The Morgan fingerprint density at radius 2 is 1.81 bits per heavy atom. The summed E-state index contributed by atoms with van der Waals surface area (Å²) in [5.74, 6) is 0. The highest BCUT2D eigenvalue weighted by molar-refractivity contribution is 5.92. The van der Waals surface area contributed by atoms with Crippen molar-refractivity contribution in [1.29, 1.82) is 0 Å². The molecule has 1 aromatic heterocycles. The molecule has 0 unspecified atom stereocenters. The highest BCUT2D eigenvalue weighted by Gasteiger charge is 2.48. The summed E-state index contributed by atoms with van der Waals surface area (Å²) in [6, 6.07) is 2.10. The zero-order valence-corrected chi connectivity index (χ0v) is 16.5. The van der Waals surface area contributed by atoms with E-state index < -0.39 is 5.60 Å². The summed E-state index contributed by atoms with van der Waals surface area (Å²) in [5.41, 5.74) is 2.27. The van der Waals surface area contributed by atoms with Crippen LogP contribution in [-0.4, -0.2) is 62.7 Å². The smallest absolute Gasteiger partial charge is 0.414 e. The van der Waals surface area contributed by atoms with Gasteiger partial charge in [-0.05, 0) is 39.7 Å². The molecule has 0 atom stereocenters. The lowest BCUT2D eigenvalue weighted by atomic mass is 9.78. The van der Waals surface area contributed by atoms with Gasteiger partial charge in [-0.3, -0.25) is 9.88 Å². The van der Waals surface area contributed by atoms with E-state index in [1.165, 1.54) is 0 Å². The number of pyridine rings is 1. The summed E-state index contributed by atoms with van der Waals surface area (Å²) < 4.78 is 16.7. The molecule has 0 radical (unpaired) electrons. The van der Waals surface area contributed by atoms with E-state index in [0.29, 0.717) is 33.0 Å². The maximum Gasteiger partial charge on any atom is 0.414 e. The van der Waals surface area contributed by atoms with Crippen LogP contribution in [0.4, 0.5) is 16.2 Å². The number of morpholine rings is 1. The number of carbonyl (C=O) groups excluding carboxylic acids is 1. The van der Waals surface area contributed by atoms with Gasteiger partial charge in [-0.25, -0.2) is 4.79 Å². The second-order valence-electron chi connectivity index (χ2n) is 8.62. The van der Waals surface area contributed by atoms with E-state index >= 15 is 0 Å². The van der Waals surface area contributed by atoms with Crippen molar-refractivity contribution in [2.45, 2.75) is 44.6 Å². The SMILES string of the molecule is CC(C)(C)OC(=O)N1CC2(CCOCC2)c2ncc(N3CCOCC3)cc21. The number of hydrogen-bond donors (Lipinski definition) is 0. The molecule has 0 aliphatic carbocycles. The molecule has 7 nitrogen and oxygen atoms in total. The highest BCUT2D eigenvalue weighted by atomic mass is 16.6. The molecule has 3 aliphatic heterocycles. The topological polar surface area (TPSA) is 64.1 Å². The van der Waals surface area contributed by atoms with E-state index in [2.05, 4.69) is 11.0 Å². The Bertz CT molecular complexity index is 704. The van der Waals surface area contributed by atoms with Gasteiger partial charge in [0.25, 0.3) is 0 Å². The van der Waals surface area contributed by atoms with Crippen LogP contribution in [-0.2, 0) is 19.6 Å². The molecule has 2 fully saturated rings. The number of nitrogens with zero attached hydrogens (tertiary/aromatic N) is 3. The fourth-order valence-corrected chi connectivity index (χ4v) is 4.15. The van der Waals surface area contributed by atoms with Gasteiger partial charge < -0.3 is 19.1 Å². The number of amides is 1. The number of fused-ring (bicyclic) bond motifs is 2. The van der Waals surface area contributed by atoms with Crippen LogP contribution in [0.1, 0.15) is 39.3 Å². The van der Waals surface area contributed by atoms with Crippen LogP contribution in [0.15, 0.2) is 12.3 Å². The second kappa shape index (κ2) is 6.95. The average molecular weight is 375 g/mol. The Balaban J connectivity index is 1.69. The van der Waals surface area contributed by atoms with Gasteiger partial charge in [-0.2, -0.15) is 0 Å². The Morgan fingerprint density at radius 3 is 2.48 bits per heavy atom. The lowest BCUT2D eigenvalue weighted by Gasteiger charge is -2.33. The van der Waals surface area contributed by atoms with E-state index in [4.69, 9.17) is 19.2 Å². The maximum atomic E-state index is 12.9. The predicted molar refractivity (Wildman–Crippen MR) is 103 cm³/mol. The van der Waals surface area contributed by atoms with Gasteiger partial charge in [0.1, 0.15) is 5.60 Å². The predicted octanol–water partition coefficient (Wildman–Crippen LogP) is 2.72. The molecule has 4 heterocycles. The first-order valence-electron chi connectivity index (χ1n) is 9.80. The molecule has 0 N–H and O–H groups in total. The van der Waals surface area contributed by atoms with Crippen molar-refractivity contribution in [3.8, 4) is 0 Å². The van der Waals surface area contributed by atoms with Gasteiger partial charge in [0.2, 0.25) is 0 Å². The molecule has 1 aromatic rings. The third-order valence-electron chi connectivity index (χ3n) is 5.55. The van der Waals surface area contributed by atoms with Crippen molar-refractivity contribution >= 4 is 17.5 Å². The number of hydrogen-bond acceptors (Lipinski definition) is 6. The summed E-state index contributed by atoms with van der Waals surface area (Å²) in [6.45, 7) is 10.8. The lowest BCUT2D eigenvalue weighted by molar-refractivity contribution is 0.0467. The molecule has 1 spiro atoms. The van der Waals surface area contributed by atoms with Crippen LogP contribution in [0.2, 0.25) is 0 Å². The molecule has 27 heavy (non-hydrogen) atoms. The van der Waals surface area contributed by atoms with Crippen LogP contribution in [0.25, 0.3) is 0 Å². The second-order valence-corrected chi connectivity index (χ2v) is 8.62. The third-order valence-corrected chi connectivity index (χ3v) is 5.55. The minimum atomic E-state index is -0.530. The number of carbonyl (C=O) groups is 1. The number of rotatable bonds is 1. The maximum absolute atomic E-state index is 12.9. The Kier molecular flexibility index (Phi) is 4.76. The molecule has 0 aromatic carbocycles. The largest absolute Gasteiger partial charge is 0.443 e. The fourth-order valence-electron chi connectivity index (χ4n) is 4.15. The molecule has 0 saturated carbocycles. The molecule has 1 amide bonds. The average Bonchev–Trinajstić information content (AvgIpc) is 2.95. The first-order chi connectivity index (χ1) is 12.9. The normalized spacial score (nSPS) is 22.0. The van der Waals surface area contributed by atoms with Gasteiger partial charge in [0.05, 0.1) is 36.5 Å². The van der Waals surface area contributed by atoms with Crippen LogP contribution in [0.3, 0.4) is 0 Å². The molecule has 2 saturated heterocycles. The minimum Gasteiger partial charge on any atom is -0.443 e. The van der Waals surface area contributed by atoms with Crippen LogP contribution >= 0.6 is 0 Å². The van der Waals surface area contributed by atoms with Gasteiger partial charge in [-0.15, -0.1) is 0 Å². The Morgan fingerprint density at radius 1 is 1.15 bits per heavy atom. The van der Waals surface area contributed by atoms with Gasteiger partial charge in [-0.1, -0.05) is 0 Å². The summed E-state index contributed by atoms with van der Waals surface area (Å²) >= 11 is 0. The van der Waals surface area contributed by atoms with Crippen molar-refractivity contribution in [1.82, 2.24) is 4.98 Å². The third kappa shape index (κ3) is 3.62. The van der Waals surface area contributed by atoms with Crippen LogP contribution < -0.4 is 9.80 Å². The Hall–Kier alpha value is -1.86. The van der Waals surface area contributed by atoms with E-state index in [-0.39, 0.29) is 11.5 Å². The van der Waals surface area contributed by atoms with E-state index in [1.54, 1.807) is 4.90 Å². The minimum absolute atomic E-state index is 0.131. The van der Waals surface area contributed by atoms with E-state index in [1.807, 2.05) is 27.0 Å². The fraction of sp³-hybridized carbons (Fsp3) is 0.700. The van der Waals surface area contributed by atoms with E-state index in [9.17, 15) is 4.79 Å². The van der Waals surface area contributed by atoms with Crippen molar-refractivity contribution < 1.29 is 19.0 Å². The van der Waals surface area contributed by atoms with Crippen molar-refractivity contribution in [2.24, 2.45) is 0 Å². The molecule has 0 bridgehead atoms. The monoisotopic (exact) mass is 375 g/mol. The zero-order chi connectivity index (χ0) is 19.1. The first kappa shape index (κ1) is 18.5. The van der Waals surface area contributed by atoms with Crippen molar-refractivity contribution in [3.05, 3.63) is 18.0 Å². The molecular formula is C20H29N3O4. The van der Waals surface area contributed by atoms with Gasteiger partial charge >= 0.3 is 6.09 Å². The Labute approximate surface area is 160 Å². The zero-order valence-electron chi connectivity index (χ0n) is 16.5. The summed E-state index contributed by atoms with van der Waals surface area (Å²) in [6.07, 6.45) is 3.40. The summed E-state index contributed by atoms with van der Waals surface area (Å²) in [7, 11) is 0. The van der Waals surface area contributed by atoms with E-state index in [0.717, 1.165) is 43.0 Å². The van der Waals surface area contributed by atoms with Crippen LogP contribution in [0, 0.1) is 0 Å². The molecular weight excluding hydrogens is 346 g/mol. The highest BCUT2D eigenvalue weighted by Crippen LogP contribution is 2.47. The molecule has 7 heteroatoms. The molecule has 148 valence electrons. The quantitative estimate of drug-likeness (QED) is 0.752. The van der Waals surface area contributed by atoms with Crippen molar-refractivity contribution in [2.75, 3.05) is 55.9 Å². The standard InChI is InChI=1S/C20H29N3O4/c1-19(2,3)27-18(24)23-14-20(4-8-25-9-5-20)17-16(23)12-15(13-21-17)22-6-10-26-11-7-22/h12-13H,4-11,14H2,1-3H3. The number of anilines is 2. The lowest BCUT2D eigenvalue weighted by Crippen LogP contribution is -2.42. The summed E-state index contributed by atoms with van der Waals surface area (Å²) in [5, 5.41) is 0. The first-order valence-corrected chi connectivity index (χ1v) is 9.80. The van der Waals surface area contributed by atoms with Gasteiger partial charge in [0, 0.05) is 38.3 Å². The van der Waals surface area contributed by atoms with Crippen LogP contribution in [0.5, 0.6) is 0 Å². The van der Waals surface area contributed by atoms with Crippen molar-refractivity contribution in [3.63, 3.8) is 0 Å². The summed E-state index contributed by atoms with van der Waals surface area (Å²) in [4.78, 5) is 21.8. The molecule has 3 aliphatic rings. The number of aromatic nitrogens is 1. The number of ether oxygens (including phenoxy) is 3.